The summed E-state index contributed by atoms with van der Waals surface area (Å²) < 4.78 is 10.6. The summed E-state index contributed by atoms with van der Waals surface area (Å²) in [6.45, 7) is 7.98. The molecule has 0 atom stereocenters. The predicted octanol–water partition coefficient (Wildman–Crippen LogP) is 2.26. The number of rotatable bonds is 10. The maximum absolute atomic E-state index is 11.2. The standard InChI is InChI=1S/C13H22N4O4/c1-4-20-7-5-6-14-12-11(17(18)19)13(16-9-15-12)21-8-10(2)3/h9-10H,4-8H2,1-3H3,(H,14,15,16). The molecule has 0 saturated carbocycles. The van der Waals surface area contributed by atoms with Crippen molar-refractivity contribution in [2.75, 3.05) is 31.7 Å². The van der Waals surface area contributed by atoms with E-state index in [9.17, 15) is 10.1 Å². The zero-order valence-corrected chi connectivity index (χ0v) is 12.7. The predicted molar refractivity (Wildman–Crippen MR) is 78.6 cm³/mol. The Bertz CT molecular complexity index is 454. The number of nitrogens with zero attached hydrogens (tertiary/aromatic N) is 3. The van der Waals surface area contributed by atoms with Crippen LogP contribution in [-0.4, -0.2) is 41.3 Å². The first-order valence-corrected chi connectivity index (χ1v) is 7.00. The van der Waals surface area contributed by atoms with Crippen molar-refractivity contribution in [2.24, 2.45) is 5.92 Å². The molecule has 0 aliphatic heterocycles. The molecule has 0 aliphatic carbocycles. The Balaban J connectivity index is 2.73. The maximum atomic E-state index is 11.2. The van der Waals surface area contributed by atoms with E-state index in [2.05, 4.69) is 15.3 Å². The van der Waals surface area contributed by atoms with Crippen LogP contribution in [0.15, 0.2) is 6.33 Å². The van der Waals surface area contributed by atoms with Crippen molar-refractivity contribution >= 4 is 11.5 Å². The highest BCUT2D eigenvalue weighted by Gasteiger charge is 2.24. The Hall–Kier alpha value is -1.96. The Morgan fingerprint density at radius 2 is 2.19 bits per heavy atom. The summed E-state index contributed by atoms with van der Waals surface area (Å²) in [5.74, 6) is 0.420. The van der Waals surface area contributed by atoms with E-state index < -0.39 is 4.92 Å². The second kappa shape index (κ2) is 9.06. The number of anilines is 1. The Labute approximate surface area is 124 Å². The van der Waals surface area contributed by atoms with Crippen LogP contribution in [-0.2, 0) is 4.74 Å². The van der Waals surface area contributed by atoms with E-state index in [1.807, 2.05) is 20.8 Å². The third-order valence-corrected chi connectivity index (χ3v) is 2.49. The monoisotopic (exact) mass is 298 g/mol. The van der Waals surface area contributed by atoms with Crippen molar-refractivity contribution in [1.82, 2.24) is 9.97 Å². The molecule has 0 aromatic carbocycles. The molecule has 118 valence electrons. The van der Waals surface area contributed by atoms with Gasteiger partial charge in [-0.25, -0.2) is 4.98 Å². The highest BCUT2D eigenvalue weighted by molar-refractivity contribution is 5.61. The van der Waals surface area contributed by atoms with Crippen LogP contribution in [0.5, 0.6) is 5.88 Å². The SMILES string of the molecule is CCOCCCNc1ncnc(OCC(C)C)c1[N+](=O)[O-]. The zero-order chi connectivity index (χ0) is 15.7. The Morgan fingerprint density at radius 1 is 1.43 bits per heavy atom. The first-order chi connectivity index (χ1) is 10.1. The van der Waals surface area contributed by atoms with Crippen LogP contribution in [0.1, 0.15) is 27.2 Å². The second-order valence-electron chi connectivity index (χ2n) is 4.82. The first kappa shape index (κ1) is 17.1. The summed E-state index contributed by atoms with van der Waals surface area (Å²) in [5, 5.41) is 14.1. The largest absolute Gasteiger partial charge is 0.472 e. The lowest BCUT2D eigenvalue weighted by molar-refractivity contribution is -0.385. The molecule has 21 heavy (non-hydrogen) atoms. The molecule has 1 aromatic rings. The van der Waals surface area contributed by atoms with E-state index in [-0.39, 0.29) is 23.3 Å². The third kappa shape index (κ3) is 5.90. The topological polar surface area (TPSA) is 99.4 Å². The van der Waals surface area contributed by atoms with E-state index >= 15 is 0 Å². The van der Waals surface area contributed by atoms with E-state index in [4.69, 9.17) is 9.47 Å². The van der Waals surface area contributed by atoms with Gasteiger partial charge in [0.05, 0.1) is 11.5 Å². The third-order valence-electron chi connectivity index (χ3n) is 2.49. The minimum Gasteiger partial charge on any atom is -0.472 e. The Morgan fingerprint density at radius 3 is 2.81 bits per heavy atom. The molecule has 0 fully saturated rings. The van der Waals surface area contributed by atoms with Gasteiger partial charge in [-0.1, -0.05) is 13.8 Å². The van der Waals surface area contributed by atoms with Crippen molar-refractivity contribution in [1.29, 1.82) is 0 Å². The van der Waals surface area contributed by atoms with E-state index in [1.165, 1.54) is 6.33 Å². The maximum Gasteiger partial charge on any atom is 0.372 e. The average Bonchev–Trinajstić information content (AvgIpc) is 2.44. The van der Waals surface area contributed by atoms with Crippen molar-refractivity contribution in [3.8, 4) is 5.88 Å². The van der Waals surface area contributed by atoms with Crippen LogP contribution in [0.3, 0.4) is 0 Å². The fourth-order valence-corrected chi connectivity index (χ4v) is 1.53. The molecular weight excluding hydrogens is 276 g/mol. The van der Waals surface area contributed by atoms with Crippen LogP contribution >= 0.6 is 0 Å². The molecule has 0 saturated heterocycles. The quantitative estimate of drug-likeness (QED) is 0.401. The lowest BCUT2D eigenvalue weighted by Crippen LogP contribution is -2.12. The molecule has 0 unspecified atom stereocenters. The van der Waals surface area contributed by atoms with Gasteiger partial charge in [0.25, 0.3) is 5.88 Å². The number of ether oxygens (including phenoxy) is 2. The number of nitrogens with one attached hydrogen (secondary N) is 1. The second-order valence-corrected chi connectivity index (χ2v) is 4.82. The van der Waals surface area contributed by atoms with Crippen molar-refractivity contribution in [3.05, 3.63) is 16.4 Å². The molecule has 1 N–H and O–H groups in total. The van der Waals surface area contributed by atoms with Crippen LogP contribution in [0.4, 0.5) is 11.5 Å². The van der Waals surface area contributed by atoms with Crippen LogP contribution in [0.2, 0.25) is 0 Å². The molecule has 1 heterocycles. The summed E-state index contributed by atoms with van der Waals surface area (Å²) >= 11 is 0. The molecular formula is C13H22N4O4. The summed E-state index contributed by atoms with van der Waals surface area (Å²) in [5.41, 5.74) is -0.227. The van der Waals surface area contributed by atoms with Crippen LogP contribution in [0, 0.1) is 16.0 Å². The summed E-state index contributed by atoms with van der Waals surface area (Å²) in [6, 6.07) is 0. The van der Waals surface area contributed by atoms with Gasteiger partial charge in [-0.15, -0.1) is 0 Å². The summed E-state index contributed by atoms with van der Waals surface area (Å²) in [7, 11) is 0. The molecule has 0 aliphatic rings. The van der Waals surface area contributed by atoms with Crippen molar-refractivity contribution in [2.45, 2.75) is 27.2 Å². The fourth-order valence-electron chi connectivity index (χ4n) is 1.53. The van der Waals surface area contributed by atoms with Gasteiger partial charge in [0, 0.05) is 19.8 Å². The molecule has 0 bridgehead atoms. The van der Waals surface area contributed by atoms with E-state index in [1.54, 1.807) is 0 Å². The number of aromatic nitrogens is 2. The highest BCUT2D eigenvalue weighted by atomic mass is 16.6. The normalized spacial score (nSPS) is 10.7. The summed E-state index contributed by atoms with van der Waals surface area (Å²) in [6.07, 6.45) is 1.99. The number of hydrogen-bond acceptors (Lipinski definition) is 7. The zero-order valence-electron chi connectivity index (χ0n) is 12.7. The lowest BCUT2D eigenvalue weighted by atomic mass is 10.2. The van der Waals surface area contributed by atoms with Crippen LogP contribution in [0.25, 0.3) is 0 Å². The molecule has 1 rings (SSSR count). The van der Waals surface area contributed by atoms with Crippen molar-refractivity contribution < 1.29 is 14.4 Å². The molecule has 8 nitrogen and oxygen atoms in total. The molecule has 1 aromatic heterocycles. The van der Waals surface area contributed by atoms with Gasteiger partial charge in [-0.2, -0.15) is 4.98 Å². The van der Waals surface area contributed by atoms with Gasteiger partial charge < -0.3 is 14.8 Å². The van der Waals surface area contributed by atoms with Crippen LogP contribution < -0.4 is 10.1 Å². The minimum absolute atomic E-state index is 0.00370. The molecule has 0 spiro atoms. The lowest BCUT2D eigenvalue weighted by Gasteiger charge is -2.10. The minimum atomic E-state index is -0.527. The average molecular weight is 298 g/mol. The van der Waals surface area contributed by atoms with Gasteiger partial charge in [0.15, 0.2) is 0 Å². The fraction of sp³-hybridized carbons (Fsp3) is 0.692. The molecule has 8 heteroatoms. The Kier molecular flexibility index (Phi) is 7.38. The smallest absolute Gasteiger partial charge is 0.372 e. The number of hydrogen-bond donors (Lipinski definition) is 1. The van der Waals surface area contributed by atoms with Gasteiger partial charge >= 0.3 is 5.69 Å². The van der Waals surface area contributed by atoms with Gasteiger partial charge in [0.1, 0.15) is 6.33 Å². The van der Waals surface area contributed by atoms with Gasteiger partial charge in [0.2, 0.25) is 5.82 Å². The number of nitro groups is 1. The van der Waals surface area contributed by atoms with Gasteiger partial charge in [-0.05, 0) is 19.3 Å². The highest BCUT2D eigenvalue weighted by Crippen LogP contribution is 2.30. The molecule has 0 radical (unpaired) electrons. The van der Waals surface area contributed by atoms with Crippen molar-refractivity contribution in [3.63, 3.8) is 0 Å². The molecule has 0 amide bonds. The first-order valence-electron chi connectivity index (χ1n) is 7.00. The van der Waals surface area contributed by atoms with E-state index in [0.29, 0.717) is 26.4 Å². The van der Waals surface area contributed by atoms with Gasteiger partial charge in [-0.3, -0.25) is 10.1 Å². The summed E-state index contributed by atoms with van der Waals surface area (Å²) in [4.78, 5) is 18.4. The van der Waals surface area contributed by atoms with E-state index in [0.717, 1.165) is 6.42 Å².